The summed E-state index contributed by atoms with van der Waals surface area (Å²) >= 11 is 0. The normalized spacial score (nSPS) is 15.4. The maximum Gasteiger partial charge on any atom is 0.260 e. The number of aryl methyl sites for hydroxylation is 1. The van der Waals surface area contributed by atoms with Gasteiger partial charge in [-0.2, -0.15) is 0 Å². The fourth-order valence-corrected chi connectivity index (χ4v) is 3.49. The number of nitrogens with one attached hydrogen (secondary N) is 1. The molecule has 0 fully saturated rings. The van der Waals surface area contributed by atoms with Crippen molar-refractivity contribution in [2.45, 2.75) is 25.9 Å². The number of aromatic nitrogens is 1. The van der Waals surface area contributed by atoms with Crippen LogP contribution in [0.25, 0.3) is 0 Å². The minimum Gasteiger partial charge on any atom is -0.352 e. The fourth-order valence-electron chi connectivity index (χ4n) is 3.49. The largest absolute Gasteiger partial charge is 0.352 e. The molecule has 2 aromatic carbocycles. The third-order valence-corrected chi connectivity index (χ3v) is 4.94. The molecule has 2 heterocycles. The summed E-state index contributed by atoms with van der Waals surface area (Å²) < 4.78 is 0. The maximum atomic E-state index is 13.0. The Balaban J connectivity index is 1.54. The molecular formula is C23H21N3O2. The van der Waals surface area contributed by atoms with Crippen molar-refractivity contribution in [2.24, 2.45) is 0 Å². The molecule has 1 aliphatic heterocycles. The van der Waals surface area contributed by atoms with Crippen molar-refractivity contribution < 1.29 is 9.59 Å². The van der Waals surface area contributed by atoms with E-state index in [1.54, 1.807) is 23.2 Å². The summed E-state index contributed by atoms with van der Waals surface area (Å²) in [7, 11) is 0. The topological polar surface area (TPSA) is 62.3 Å². The van der Waals surface area contributed by atoms with Gasteiger partial charge < -0.3 is 5.32 Å². The summed E-state index contributed by atoms with van der Waals surface area (Å²) in [4.78, 5) is 31.7. The van der Waals surface area contributed by atoms with Crippen molar-refractivity contribution in [3.05, 3.63) is 95.3 Å². The Hall–Kier alpha value is -3.47. The van der Waals surface area contributed by atoms with Crippen LogP contribution in [0.4, 0.5) is 5.69 Å². The molecule has 1 aliphatic rings. The molecule has 0 saturated heterocycles. The Bertz CT molecular complexity index is 1000. The Morgan fingerprint density at radius 2 is 1.79 bits per heavy atom. The first-order valence-electron chi connectivity index (χ1n) is 9.29. The Labute approximate surface area is 164 Å². The van der Waals surface area contributed by atoms with Gasteiger partial charge in [0.15, 0.2) is 0 Å². The molecule has 3 aromatic rings. The summed E-state index contributed by atoms with van der Waals surface area (Å²) in [6, 6.07) is 20.6. The van der Waals surface area contributed by atoms with Crippen LogP contribution in [0.3, 0.4) is 0 Å². The lowest BCUT2D eigenvalue weighted by Gasteiger charge is -2.24. The van der Waals surface area contributed by atoms with Crippen LogP contribution in [-0.2, 0) is 11.3 Å². The lowest BCUT2D eigenvalue weighted by molar-refractivity contribution is -0.121. The Morgan fingerprint density at radius 1 is 1.04 bits per heavy atom. The number of amides is 2. The molecule has 0 spiro atoms. The average Bonchev–Trinajstić information content (AvgIpc) is 3.00. The first kappa shape index (κ1) is 17.9. The van der Waals surface area contributed by atoms with E-state index in [9.17, 15) is 9.59 Å². The summed E-state index contributed by atoms with van der Waals surface area (Å²) in [6.45, 7) is 2.49. The molecule has 0 aliphatic carbocycles. The van der Waals surface area contributed by atoms with Gasteiger partial charge in [-0.1, -0.05) is 48.0 Å². The van der Waals surface area contributed by atoms with Gasteiger partial charge in [-0.3, -0.25) is 19.5 Å². The van der Waals surface area contributed by atoms with E-state index in [0.29, 0.717) is 17.8 Å². The predicted octanol–water partition coefficient (Wildman–Crippen LogP) is 3.80. The van der Waals surface area contributed by atoms with Gasteiger partial charge in [-0.25, -0.2) is 0 Å². The van der Waals surface area contributed by atoms with Crippen molar-refractivity contribution in [2.75, 3.05) is 4.90 Å². The first-order chi connectivity index (χ1) is 13.6. The monoisotopic (exact) mass is 371 g/mol. The smallest absolute Gasteiger partial charge is 0.260 e. The quantitative estimate of drug-likeness (QED) is 0.742. The van der Waals surface area contributed by atoms with E-state index in [1.807, 2.05) is 61.5 Å². The number of anilines is 1. The maximum absolute atomic E-state index is 13.0. The molecule has 140 valence electrons. The van der Waals surface area contributed by atoms with E-state index in [1.165, 1.54) is 5.56 Å². The van der Waals surface area contributed by atoms with E-state index in [0.717, 1.165) is 11.3 Å². The molecule has 1 aromatic heterocycles. The number of para-hydroxylation sites is 1. The fraction of sp³-hybridized carbons (Fsp3) is 0.174. The highest BCUT2D eigenvalue weighted by Crippen LogP contribution is 2.38. The molecule has 0 unspecified atom stereocenters. The Kier molecular flexibility index (Phi) is 4.89. The minimum atomic E-state index is -0.413. The number of carbonyl (C=O) groups is 2. The van der Waals surface area contributed by atoms with E-state index >= 15 is 0 Å². The highest BCUT2D eigenvalue weighted by molar-refractivity contribution is 6.11. The second kappa shape index (κ2) is 7.64. The Morgan fingerprint density at radius 3 is 2.54 bits per heavy atom. The van der Waals surface area contributed by atoms with Gasteiger partial charge in [0.1, 0.15) is 0 Å². The van der Waals surface area contributed by atoms with Gasteiger partial charge in [0.05, 0.1) is 23.7 Å². The minimum absolute atomic E-state index is 0.113. The number of rotatable bonds is 5. The van der Waals surface area contributed by atoms with E-state index in [-0.39, 0.29) is 18.2 Å². The number of pyridine rings is 1. The third kappa shape index (κ3) is 3.51. The molecule has 1 N–H and O–H groups in total. The molecule has 0 bridgehead atoms. The number of benzene rings is 2. The highest BCUT2D eigenvalue weighted by Gasteiger charge is 2.39. The predicted molar refractivity (Wildman–Crippen MR) is 108 cm³/mol. The number of hydrogen-bond donors (Lipinski definition) is 1. The van der Waals surface area contributed by atoms with Crippen LogP contribution in [-0.4, -0.2) is 16.8 Å². The summed E-state index contributed by atoms with van der Waals surface area (Å²) in [5.74, 6) is -0.233. The second-order valence-electron chi connectivity index (χ2n) is 6.93. The standard InChI is InChI=1S/C23H21N3O2/c1-16-9-11-17(12-10-16)15-25-21(27)14-20-22-19(8-5-13-24-22)23(28)26(20)18-6-3-2-4-7-18/h2-13,20H,14-15H2,1H3,(H,25,27)/t20-/m1/s1. The number of fused-ring (bicyclic) bond motifs is 1. The summed E-state index contributed by atoms with van der Waals surface area (Å²) in [5, 5.41) is 2.96. The van der Waals surface area contributed by atoms with Crippen LogP contribution in [0.2, 0.25) is 0 Å². The average molecular weight is 371 g/mol. The van der Waals surface area contributed by atoms with Crippen molar-refractivity contribution >= 4 is 17.5 Å². The molecule has 2 amide bonds. The highest BCUT2D eigenvalue weighted by atomic mass is 16.2. The lowest BCUT2D eigenvalue weighted by atomic mass is 10.1. The zero-order valence-electron chi connectivity index (χ0n) is 15.6. The van der Waals surface area contributed by atoms with Crippen LogP contribution in [0, 0.1) is 6.92 Å². The van der Waals surface area contributed by atoms with Crippen LogP contribution < -0.4 is 10.2 Å². The van der Waals surface area contributed by atoms with Crippen molar-refractivity contribution in [3.63, 3.8) is 0 Å². The molecule has 5 nitrogen and oxygen atoms in total. The van der Waals surface area contributed by atoms with Crippen LogP contribution in [0.5, 0.6) is 0 Å². The lowest BCUT2D eigenvalue weighted by Crippen LogP contribution is -2.32. The van der Waals surface area contributed by atoms with Gasteiger partial charge >= 0.3 is 0 Å². The molecule has 5 heteroatoms. The SMILES string of the molecule is Cc1ccc(CNC(=O)C[C@@H]2c3ncccc3C(=O)N2c2ccccc2)cc1. The molecule has 28 heavy (non-hydrogen) atoms. The van der Waals surface area contributed by atoms with Crippen LogP contribution >= 0.6 is 0 Å². The third-order valence-electron chi connectivity index (χ3n) is 4.94. The first-order valence-corrected chi connectivity index (χ1v) is 9.29. The van der Waals surface area contributed by atoms with Crippen molar-refractivity contribution in [1.82, 2.24) is 10.3 Å². The van der Waals surface area contributed by atoms with Crippen molar-refractivity contribution in [1.29, 1.82) is 0 Å². The number of nitrogens with zero attached hydrogens (tertiary/aromatic N) is 2. The van der Waals surface area contributed by atoms with Crippen LogP contribution in [0.15, 0.2) is 72.9 Å². The van der Waals surface area contributed by atoms with Crippen LogP contribution in [0.1, 0.15) is 39.6 Å². The zero-order chi connectivity index (χ0) is 19.5. The van der Waals surface area contributed by atoms with E-state index in [4.69, 9.17) is 0 Å². The molecular weight excluding hydrogens is 350 g/mol. The van der Waals surface area contributed by atoms with E-state index in [2.05, 4.69) is 10.3 Å². The van der Waals surface area contributed by atoms with E-state index < -0.39 is 6.04 Å². The van der Waals surface area contributed by atoms with Gasteiger partial charge in [-0.05, 0) is 36.8 Å². The van der Waals surface area contributed by atoms with Gasteiger partial charge in [0.2, 0.25) is 5.91 Å². The molecule has 0 radical (unpaired) electrons. The molecule has 1 atom stereocenters. The van der Waals surface area contributed by atoms with Gasteiger partial charge in [-0.15, -0.1) is 0 Å². The second-order valence-corrected chi connectivity index (χ2v) is 6.93. The zero-order valence-corrected chi connectivity index (χ0v) is 15.6. The number of hydrogen-bond acceptors (Lipinski definition) is 3. The van der Waals surface area contributed by atoms with Crippen molar-refractivity contribution in [3.8, 4) is 0 Å². The summed E-state index contributed by atoms with van der Waals surface area (Å²) in [5.41, 5.74) is 4.20. The molecule has 0 saturated carbocycles. The molecule has 4 rings (SSSR count). The van der Waals surface area contributed by atoms with Gasteiger partial charge in [0.25, 0.3) is 5.91 Å². The number of carbonyl (C=O) groups excluding carboxylic acids is 2. The summed E-state index contributed by atoms with van der Waals surface area (Å²) in [6.07, 6.45) is 1.83. The van der Waals surface area contributed by atoms with Gasteiger partial charge in [0, 0.05) is 18.4 Å².